The normalized spacial score (nSPS) is 13.9. The smallest absolute Gasteiger partial charge is 0.257 e. The molecule has 0 atom stereocenters. The Labute approximate surface area is 182 Å². The summed E-state index contributed by atoms with van der Waals surface area (Å²) in [6, 6.07) is 15.6. The number of amides is 1. The van der Waals surface area contributed by atoms with Gasteiger partial charge in [0.1, 0.15) is 0 Å². The molecule has 156 valence electrons. The molecule has 1 aliphatic heterocycles. The summed E-state index contributed by atoms with van der Waals surface area (Å²) in [5, 5.41) is 3.92. The molecule has 0 radical (unpaired) electrons. The van der Waals surface area contributed by atoms with Gasteiger partial charge in [-0.05, 0) is 30.7 Å². The van der Waals surface area contributed by atoms with Crippen LogP contribution in [-0.4, -0.2) is 47.1 Å². The number of morpholine rings is 1. The van der Waals surface area contributed by atoms with Gasteiger partial charge in [-0.2, -0.15) is 0 Å². The summed E-state index contributed by atoms with van der Waals surface area (Å²) in [4.78, 5) is 24.1. The molecule has 1 N–H and O–H groups in total. The summed E-state index contributed by atoms with van der Waals surface area (Å²) in [7, 11) is 0. The van der Waals surface area contributed by atoms with Crippen LogP contribution in [0.1, 0.15) is 22.9 Å². The van der Waals surface area contributed by atoms with Crippen molar-refractivity contribution in [2.24, 2.45) is 0 Å². The van der Waals surface area contributed by atoms with Crippen LogP contribution in [0.2, 0.25) is 5.02 Å². The average molecular weight is 425 g/mol. The minimum Gasteiger partial charge on any atom is -0.378 e. The maximum Gasteiger partial charge on any atom is 0.257 e. The van der Waals surface area contributed by atoms with Gasteiger partial charge in [-0.1, -0.05) is 47.5 Å². The lowest BCUT2D eigenvalue weighted by molar-refractivity contribution is 0.0303. The maximum absolute atomic E-state index is 13.2. The Bertz CT molecular complexity index is 1060. The zero-order valence-electron chi connectivity index (χ0n) is 16.8. The highest BCUT2D eigenvalue weighted by Gasteiger charge is 2.23. The first-order chi connectivity index (χ1) is 14.6. The predicted octanol–water partition coefficient (Wildman–Crippen LogP) is 4.44. The third-order valence-electron chi connectivity index (χ3n) is 4.95. The SMILES string of the molecule is Cc1cccc(-c2nc(NCc3cccc(Cl)c3)ncc2C(=O)N2CCOCC2)c1.[HH]. The van der Waals surface area contributed by atoms with Gasteiger partial charge in [0.15, 0.2) is 0 Å². The van der Waals surface area contributed by atoms with Crippen molar-refractivity contribution >= 4 is 23.5 Å². The molecule has 0 bridgehead atoms. The molecular weight excluding hydrogens is 400 g/mol. The van der Waals surface area contributed by atoms with E-state index in [2.05, 4.69) is 10.3 Å². The number of hydrogen-bond acceptors (Lipinski definition) is 5. The van der Waals surface area contributed by atoms with Gasteiger partial charge in [0.25, 0.3) is 5.91 Å². The first-order valence-electron chi connectivity index (χ1n) is 9.89. The Hall–Kier alpha value is -2.96. The predicted molar refractivity (Wildman–Crippen MR) is 120 cm³/mol. The summed E-state index contributed by atoms with van der Waals surface area (Å²) >= 11 is 6.07. The van der Waals surface area contributed by atoms with E-state index in [0.29, 0.717) is 55.1 Å². The van der Waals surface area contributed by atoms with Crippen molar-refractivity contribution in [1.82, 2.24) is 14.9 Å². The molecule has 0 unspecified atom stereocenters. The van der Waals surface area contributed by atoms with Gasteiger partial charge in [0.05, 0.1) is 24.5 Å². The fourth-order valence-corrected chi connectivity index (χ4v) is 3.61. The molecule has 7 heteroatoms. The molecule has 1 saturated heterocycles. The van der Waals surface area contributed by atoms with E-state index in [1.165, 1.54) is 0 Å². The number of hydrogen-bond donors (Lipinski definition) is 1. The van der Waals surface area contributed by atoms with Crippen LogP contribution in [0.4, 0.5) is 5.95 Å². The third-order valence-corrected chi connectivity index (χ3v) is 5.18. The van der Waals surface area contributed by atoms with E-state index in [-0.39, 0.29) is 7.33 Å². The first-order valence-corrected chi connectivity index (χ1v) is 10.3. The molecule has 4 rings (SSSR count). The Balaban J connectivity index is 0.00000272. The van der Waals surface area contributed by atoms with E-state index in [9.17, 15) is 4.79 Å². The molecule has 2 aromatic carbocycles. The fraction of sp³-hybridized carbons (Fsp3) is 0.261. The van der Waals surface area contributed by atoms with Crippen molar-refractivity contribution in [2.45, 2.75) is 13.5 Å². The fourth-order valence-electron chi connectivity index (χ4n) is 3.40. The molecular formula is C23H25ClN4O2. The number of rotatable bonds is 5. The number of carbonyl (C=O) groups is 1. The second kappa shape index (κ2) is 9.24. The van der Waals surface area contributed by atoms with Crippen molar-refractivity contribution in [2.75, 3.05) is 31.6 Å². The second-order valence-electron chi connectivity index (χ2n) is 7.21. The van der Waals surface area contributed by atoms with E-state index in [0.717, 1.165) is 16.7 Å². The summed E-state index contributed by atoms with van der Waals surface area (Å²) in [5.74, 6) is 0.390. The van der Waals surface area contributed by atoms with Gasteiger partial charge in [-0.15, -0.1) is 0 Å². The minimum absolute atomic E-state index is 0. The molecule has 0 aliphatic carbocycles. The van der Waals surface area contributed by atoms with Crippen LogP contribution in [-0.2, 0) is 11.3 Å². The number of aromatic nitrogens is 2. The minimum atomic E-state index is -0.0730. The number of nitrogens with one attached hydrogen (secondary N) is 1. The lowest BCUT2D eigenvalue weighted by Gasteiger charge is -2.27. The van der Waals surface area contributed by atoms with E-state index < -0.39 is 0 Å². The molecule has 0 saturated carbocycles. The zero-order chi connectivity index (χ0) is 20.9. The van der Waals surface area contributed by atoms with Gasteiger partial charge in [-0.25, -0.2) is 9.97 Å². The second-order valence-corrected chi connectivity index (χ2v) is 7.65. The van der Waals surface area contributed by atoms with Crippen LogP contribution in [0.25, 0.3) is 11.3 Å². The average Bonchev–Trinajstić information content (AvgIpc) is 2.78. The maximum atomic E-state index is 13.2. The number of halogens is 1. The molecule has 2 heterocycles. The van der Waals surface area contributed by atoms with E-state index >= 15 is 0 Å². The number of benzene rings is 2. The molecule has 1 aromatic heterocycles. The van der Waals surface area contributed by atoms with Gasteiger partial charge < -0.3 is 15.0 Å². The van der Waals surface area contributed by atoms with Gasteiger partial charge in [0.2, 0.25) is 5.95 Å². The Morgan fingerprint density at radius 3 is 2.77 bits per heavy atom. The number of ether oxygens (including phenoxy) is 1. The first kappa shape index (κ1) is 20.3. The van der Waals surface area contributed by atoms with Crippen LogP contribution in [0.3, 0.4) is 0 Å². The number of nitrogens with zero attached hydrogens (tertiary/aromatic N) is 3. The van der Waals surface area contributed by atoms with Crippen LogP contribution < -0.4 is 5.32 Å². The van der Waals surface area contributed by atoms with Gasteiger partial charge in [0, 0.05) is 37.8 Å². The van der Waals surface area contributed by atoms with Crippen molar-refractivity contribution in [1.29, 1.82) is 0 Å². The lowest BCUT2D eigenvalue weighted by Crippen LogP contribution is -2.41. The molecule has 3 aromatic rings. The summed E-state index contributed by atoms with van der Waals surface area (Å²) < 4.78 is 5.37. The van der Waals surface area contributed by atoms with Crippen molar-refractivity contribution in [3.8, 4) is 11.3 Å². The third kappa shape index (κ3) is 4.78. The number of anilines is 1. The molecule has 1 aliphatic rings. The largest absolute Gasteiger partial charge is 0.378 e. The monoisotopic (exact) mass is 424 g/mol. The Kier molecular flexibility index (Phi) is 6.26. The lowest BCUT2D eigenvalue weighted by atomic mass is 10.0. The summed E-state index contributed by atoms with van der Waals surface area (Å²) in [5.41, 5.74) is 4.13. The molecule has 30 heavy (non-hydrogen) atoms. The van der Waals surface area contributed by atoms with Crippen LogP contribution in [0, 0.1) is 6.92 Å². The highest BCUT2D eigenvalue weighted by atomic mass is 35.5. The molecule has 0 spiro atoms. The summed E-state index contributed by atoms with van der Waals surface area (Å²) in [6.45, 7) is 4.79. The van der Waals surface area contributed by atoms with Crippen molar-refractivity contribution < 1.29 is 11.0 Å². The van der Waals surface area contributed by atoms with Gasteiger partial charge >= 0.3 is 0 Å². The van der Waals surface area contributed by atoms with Gasteiger partial charge in [-0.3, -0.25) is 4.79 Å². The highest BCUT2D eigenvalue weighted by Crippen LogP contribution is 2.25. The van der Waals surface area contributed by atoms with E-state index in [1.54, 1.807) is 11.1 Å². The quantitative estimate of drug-likeness (QED) is 0.656. The Morgan fingerprint density at radius 2 is 2.00 bits per heavy atom. The summed E-state index contributed by atoms with van der Waals surface area (Å²) in [6.07, 6.45) is 1.61. The number of carbonyl (C=O) groups excluding carboxylic acids is 1. The van der Waals surface area contributed by atoms with Crippen molar-refractivity contribution in [3.05, 3.63) is 76.4 Å². The van der Waals surface area contributed by atoms with Crippen LogP contribution in [0.5, 0.6) is 0 Å². The van der Waals surface area contributed by atoms with E-state index in [1.807, 2.05) is 55.5 Å². The standard InChI is InChI=1S/C23H23ClN4O2.H2/c1-16-4-2-6-18(12-16)21-20(22(29)28-8-10-30-11-9-28)15-26-23(27-21)25-14-17-5-3-7-19(24)13-17;/h2-7,12-13,15H,8-11,14H2,1H3,(H,25,26,27);1H. The number of aryl methyl sites for hydroxylation is 1. The van der Waals surface area contributed by atoms with Crippen LogP contribution >= 0.6 is 11.6 Å². The molecule has 1 amide bonds. The zero-order valence-corrected chi connectivity index (χ0v) is 17.5. The van der Waals surface area contributed by atoms with E-state index in [4.69, 9.17) is 21.3 Å². The highest BCUT2D eigenvalue weighted by molar-refractivity contribution is 6.30. The Morgan fingerprint density at radius 1 is 1.20 bits per heavy atom. The molecule has 1 fully saturated rings. The van der Waals surface area contributed by atoms with Crippen molar-refractivity contribution in [3.63, 3.8) is 0 Å². The van der Waals surface area contributed by atoms with Crippen LogP contribution in [0.15, 0.2) is 54.7 Å². The topological polar surface area (TPSA) is 67.4 Å². The molecule has 6 nitrogen and oxygen atoms in total.